The quantitative estimate of drug-likeness (QED) is 0.701. The Hall–Kier alpha value is -2.31. The average Bonchev–Trinajstić information content (AvgIpc) is 2.58. The first-order valence-corrected chi connectivity index (χ1v) is 8.99. The molecule has 1 heterocycles. The summed E-state index contributed by atoms with van der Waals surface area (Å²) in [7, 11) is 0. The van der Waals surface area contributed by atoms with Crippen LogP contribution in [0.2, 0.25) is 5.02 Å². The Kier molecular flexibility index (Phi) is 5.40. The highest BCUT2D eigenvalue weighted by Gasteiger charge is 2.06. The summed E-state index contributed by atoms with van der Waals surface area (Å²) in [4.78, 5) is 27.2. The smallest absolute Gasteiger partial charge is 0.234 e. The molecule has 0 atom stereocenters. The van der Waals surface area contributed by atoms with Gasteiger partial charge in [-0.15, -0.1) is 11.8 Å². The maximum atomic E-state index is 12.8. The Balaban J connectivity index is 1.59. The molecule has 3 aromatic rings. The molecule has 7 heteroatoms. The molecule has 4 nitrogen and oxygen atoms in total. The van der Waals surface area contributed by atoms with E-state index in [2.05, 4.69) is 10.3 Å². The van der Waals surface area contributed by atoms with Crippen LogP contribution >= 0.6 is 23.4 Å². The summed E-state index contributed by atoms with van der Waals surface area (Å²) in [6, 6.07) is 12.2. The number of anilines is 1. The van der Waals surface area contributed by atoms with Crippen LogP contribution in [-0.2, 0) is 10.5 Å². The number of nitrogens with one attached hydrogen (secondary N) is 2. The first-order valence-electron chi connectivity index (χ1n) is 7.46. The van der Waals surface area contributed by atoms with E-state index in [1.807, 2.05) is 0 Å². The highest BCUT2D eigenvalue weighted by atomic mass is 35.5. The Morgan fingerprint density at radius 3 is 2.68 bits per heavy atom. The lowest BCUT2D eigenvalue weighted by Gasteiger charge is -2.06. The number of halogens is 2. The van der Waals surface area contributed by atoms with Crippen molar-refractivity contribution in [2.75, 3.05) is 11.1 Å². The number of thioether (sulfide) groups is 1. The fraction of sp³-hybridized carbons (Fsp3) is 0.111. The largest absolute Gasteiger partial charge is 0.357 e. The van der Waals surface area contributed by atoms with Gasteiger partial charge in [0.2, 0.25) is 5.91 Å². The van der Waals surface area contributed by atoms with E-state index in [4.69, 9.17) is 11.6 Å². The molecule has 3 rings (SSSR count). The van der Waals surface area contributed by atoms with E-state index < -0.39 is 0 Å². The van der Waals surface area contributed by atoms with E-state index in [1.54, 1.807) is 18.2 Å². The topological polar surface area (TPSA) is 62.0 Å². The lowest BCUT2D eigenvalue weighted by molar-refractivity contribution is -0.113. The Labute approximate surface area is 152 Å². The SMILES string of the molecule is O=C(CSCc1cc(=O)c2cc(Cl)ccc2[nH]1)Nc1ccc(F)cc1. The molecule has 0 aliphatic rings. The van der Waals surface area contributed by atoms with Crippen molar-refractivity contribution in [3.63, 3.8) is 0 Å². The van der Waals surface area contributed by atoms with Crippen molar-refractivity contribution in [3.8, 4) is 0 Å². The number of carbonyl (C=O) groups excluding carboxylic acids is 1. The molecule has 0 saturated carbocycles. The number of aromatic amines is 1. The van der Waals surface area contributed by atoms with Crippen LogP contribution in [0.25, 0.3) is 10.9 Å². The zero-order valence-electron chi connectivity index (χ0n) is 13.0. The predicted molar refractivity (Wildman–Crippen MR) is 101 cm³/mol. The molecule has 1 aromatic heterocycles. The molecule has 0 aliphatic heterocycles. The summed E-state index contributed by atoms with van der Waals surface area (Å²) in [5.74, 6) is 0.170. The maximum Gasteiger partial charge on any atom is 0.234 e. The van der Waals surface area contributed by atoms with E-state index in [1.165, 1.54) is 42.1 Å². The van der Waals surface area contributed by atoms with Crippen molar-refractivity contribution < 1.29 is 9.18 Å². The standard InChI is InChI=1S/C18H14ClFN2O2S/c19-11-1-6-16-15(7-11)17(23)8-14(21-16)9-25-10-18(24)22-13-4-2-12(20)3-5-13/h1-8H,9-10H2,(H,21,23)(H,22,24). The van der Waals surface area contributed by atoms with Gasteiger partial charge < -0.3 is 10.3 Å². The fourth-order valence-electron chi connectivity index (χ4n) is 2.34. The molecule has 0 fully saturated rings. The van der Waals surface area contributed by atoms with Crippen molar-refractivity contribution in [2.45, 2.75) is 5.75 Å². The molecular weight excluding hydrogens is 363 g/mol. The van der Waals surface area contributed by atoms with Gasteiger partial charge in [0.1, 0.15) is 5.82 Å². The lowest BCUT2D eigenvalue weighted by atomic mass is 10.2. The number of H-pyrrole nitrogens is 1. The van der Waals surface area contributed by atoms with Crippen molar-refractivity contribution in [3.05, 3.63) is 75.3 Å². The third kappa shape index (κ3) is 4.61. The number of hydrogen-bond acceptors (Lipinski definition) is 3. The minimum absolute atomic E-state index is 0.109. The normalized spacial score (nSPS) is 10.8. The second kappa shape index (κ2) is 7.72. The Morgan fingerprint density at radius 2 is 1.92 bits per heavy atom. The summed E-state index contributed by atoms with van der Waals surface area (Å²) in [5, 5.41) is 3.74. The predicted octanol–water partition coefficient (Wildman–Crippen LogP) is 4.19. The number of rotatable bonds is 5. The summed E-state index contributed by atoms with van der Waals surface area (Å²) in [6.07, 6.45) is 0. The van der Waals surface area contributed by atoms with Crippen molar-refractivity contribution in [2.24, 2.45) is 0 Å². The second-order valence-electron chi connectivity index (χ2n) is 5.40. The van der Waals surface area contributed by atoms with E-state index in [9.17, 15) is 14.0 Å². The number of amides is 1. The zero-order valence-corrected chi connectivity index (χ0v) is 14.6. The van der Waals surface area contributed by atoms with Crippen LogP contribution in [0.4, 0.5) is 10.1 Å². The summed E-state index contributed by atoms with van der Waals surface area (Å²) < 4.78 is 12.8. The molecule has 2 N–H and O–H groups in total. The molecular formula is C18H14ClFN2O2S. The second-order valence-corrected chi connectivity index (χ2v) is 6.82. The minimum Gasteiger partial charge on any atom is -0.357 e. The zero-order chi connectivity index (χ0) is 17.8. The van der Waals surface area contributed by atoms with E-state index >= 15 is 0 Å². The van der Waals surface area contributed by atoms with Gasteiger partial charge in [0, 0.05) is 39.1 Å². The van der Waals surface area contributed by atoms with Crippen molar-refractivity contribution >= 4 is 45.9 Å². The molecule has 0 aliphatic carbocycles. The molecule has 0 unspecified atom stereocenters. The number of hydrogen-bond donors (Lipinski definition) is 2. The van der Waals surface area contributed by atoms with Crippen molar-refractivity contribution in [1.29, 1.82) is 0 Å². The maximum absolute atomic E-state index is 12.8. The molecule has 2 aromatic carbocycles. The lowest BCUT2D eigenvalue weighted by Crippen LogP contribution is -2.14. The van der Waals surface area contributed by atoms with Gasteiger partial charge in [0.25, 0.3) is 0 Å². The summed E-state index contributed by atoms with van der Waals surface area (Å²) in [6.45, 7) is 0. The molecule has 1 amide bonds. The van der Waals surface area contributed by atoms with Crippen molar-refractivity contribution in [1.82, 2.24) is 4.98 Å². The summed E-state index contributed by atoms with van der Waals surface area (Å²) in [5.41, 5.74) is 1.88. The van der Waals surface area contributed by atoms with Crippen LogP contribution < -0.4 is 10.7 Å². The van der Waals surface area contributed by atoms with E-state index in [-0.39, 0.29) is 22.9 Å². The average molecular weight is 377 g/mol. The monoisotopic (exact) mass is 376 g/mol. The number of fused-ring (bicyclic) bond motifs is 1. The minimum atomic E-state index is -0.353. The number of aromatic nitrogens is 1. The van der Waals surface area contributed by atoms with Gasteiger partial charge >= 0.3 is 0 Å². The third-order valence-electron chi connectivity index (χ3n) is 3.47. The van der Waals surface area contributed by atoms with Crippen LogP contribution in [0.3, 0.4) is 0 Å². The molecule has 0 radical (unpaired) electrons. The summed E-state index contributed by atoms with van der Waals surface area (Å²) >= 11 is 7.28. The van der Waals surface area contributed by atoms with Crippen LogP contribution in [0, 0.1) is 5.82 Å². The molecule has 25 heavy (non-hydrogen) atoms. The molecule has 0 saturated heterocycles. The molecule has 0 spiro atoms. The number of benzene rings is 2. The number of carbonyl (C=O) groups is 1. The van der Waals surface area contributed by atoms with Crippen LogP contribution in [0.15, 0.2) is 53.3 Å². The van der Waals surface area contributed by atoms with Gasteiger partial charge in [0.05, 0.1) is 5.75 Å². The van der Waals surface area contributed by atoms with E-state index in [0.717, 1.165) is 5.69 Å². The van der Waals surface area contributed by atoms with Gasteiger partial charge in [-0.3, -0.25) is 9.59 Å². The van der Waals surface area contributed by atoms with Crippen LogP contribution in [0.5, 0.6) is 0 Å². The van der Waals surface area contributed by atoms with Crippen LogP contribution in [0.1, 0.15) is 5.69 Å². The van der Waals surface area contributed by atoms with E-state index in [0.29, 0.717) is 27.4 Å². The highest BCUT2D eigenvalue weighted by Crippen LogP contribution is 2.17. The molecule has 128 valence electrons. The fourth-order valence-corrected chi connectivity index (χ4v) is 3.24. The first kappa shape index (κ1) is 17.5. The Morgan fingerprint density at radius 1 is 1.16 bits per heavy atom. The first-order chi connectivity index (χ1) is 12.0. The Bertz CT molecular complexity index is 973. The van der Waals surface area contributed by atoms with Gasteiger partial charge in [0.15, 0.2) is 5.43 Å². The highest BCUT2D eigenvalue weighted by molar-refractivity contribution is 7.99. The third-order valence-corrected chi connectivity index (χ3v) is 4.68. The van der Waals surface area contributed by atoms with Gasteiger partial charge in [-0.2, -0.15) is 0 Å². The van der Waals surface area contributed by atoms with Crippen LogP contribution in [-0.4, -0.2) is 16.6 Å². The van der Waals surface area contributed by atoms with Gasteiger partial charge in [-0.25, -0.2) is 4.39 Å². The van der Waals surface area contributed by atoms with Gasteiger partial charge in [-0.05, 0) is 42.5 Å². The molecule has 0 bridgehead atoms. The van der Waals surface area contributed by atoms with Gasteiger partial charge in [-0.1, -0.05) is 11.6 Å². The number of pyridine rings is 1.